The molecule has 1 aromatic rings. The third-order valence-corrected chi connectivity index (χ3v) is 6.86. The zero-order valence-corrected chi connectivity index (χ0v) is 17.7. The number of amides is 1. The second-order valence-electron chi connectivity index (χ2n) is 8.84. The number of pyridine rings is 1. The number of rotatable bonds is 6. The molecule has 0 aliphatic carbocycles. The van der Waals surface area contributed by atoms with Crippen LogP contribution >= 0.6 is 0 Å². The number of nitrogens with zero attached hydrogens (tertiary/aromatic N) is 4. The summed E-state index contributed by atoms with van der Waals surface area (Å²) in [7, 11) is 0. The van der Waals surface area contributed by atoms with Crippen LogP contribution in [-0.4, -0.2) is 84.1 Å². The SMILES string of the molecule is O=C(CC[C@H]1CN(Cc2cccnc2)CC[C@H]1N1CCOCC1)N1CCCCC1. The number of ether oxygens (including phenoxy) is 1. The van der Waals surface area contributed by atoms with Crippen molar-refractivity contribution >= 4 is 5.91 Å². The molecule has 3 aliphatic heterocycles. The molecule has 4 heterocycles. The van der Waals surface area contributed by atoms with Crippen LogP contribution in [0.1, 0.15) is 44.1 Å². The van der Waals surface area contributed by atoms with Gasteiger partial charge in [0.15, 0.2) is 0 Å². The number of piperidine rings is 2. The molecule has 0 saturated carbocycles. The van der Waals surface area contributed by atoms with Crippen molar-refractivity contribution in [2.75, 3.05) is 52.5 Å². The number of carbonyl (C=O) groups is 1. The highest BCUT2D eigenvalue weighted by molar-refractivity contribution is 5.76. The lowest BCUT2D eigenvalue weighted by Crippen LogP contribution is -2.54. The van der Waals surface area contributed by atoms with E-state index in [1.807, 2.05) is 18.5 Å². The van der Waals surface area contributed by atoms with Gasteiger partial charge in [-0.05, 0) is 56.2 Å². The van der Waals surface area contributed by atoms with Crippen LogP contribution in [0.4, 0.5) is 0 Å². The standard InChI is InChI=1S/C23H36N4O2/c28-23(27-10-2-1-3-11-27)7-6-21-19-25(18-20-5-4-9-24-17-20)12-8-22(21)26-13-15-29-16-14-26/h4-5,9,17,21-22H,1-3,6-8,10-16,18-19H2/t21-,22+/m0/s1. The molecule has 0 unspecified atom stereocenters. The third-order valence-electron chi connectivity index (χ3n) is 6.86. The molecule has 0 N–H and O–H groups in total. The summed E-state index contributed by atoms with van der Waals surface area (Å²) >= 11 is 0. The van der Waals surface area contributed by atoms with Crippen molar-refractivity contribution < 1.29 is 9.53 Å². The predicted octanol–water partition coefficient (Wildman–Crippen LogP) is 2.40. The van der Waals surface area contributed by atoms with E-state index >= 15 is 0 Å². The summed E-state index contributed by atoms with van der Waals surface area (Å²) in [5, 5.41) is 0. The van der Waals surface area contributed by atoms with E-state index in [-0.39, 0.29) is 0 Å². The van der Waals surface area contributed by atoms with Gasteiger partial charge < -0.3 is 9.64 Å². The Morgan fingerprint density at radius 2 is 1.93 bits per heavy atom. The van der Waals surface area contributed by atoms with Gasteiger partial charge in [-0.2, -0.15) is 0 Å². The molecule has 3 saturated heterocycles. The molecule has 1 aromatic heterocycles. The number of hydrogen-bond acceptors (Lipinski definition) is 5. The summed E-state index contributed by atoms with van der Waals surface area (Å²) < 4.78 is 5.58. The topological polar surface area (TPSA) is 48.9 Å². The van der Waals surface area contributed by atoms with Crippen molar-refractivity contribution in [3.63, 3.8) is 0 Å². The van der Waals surface area contributed by atoms with E-state index in [1.54, 1.807) is 0 Å². The van der Waals surface area contributed by atoms with Crippen molar-refractivity contribution in [2.24, 2.45) is 5.92 Å². The second-order valence-corrected chi connectivity index (χ2v) is 8.84. The minimum Gasteiger partial charge on any atom is -0.379 e. The van der Waals surface area contributed by atoms with Crippen LogP contribution in [0.15, 0.2) is 24.5 Å². The van der Waals surface area contributed by atoms with Crippen LogP contribution in [0.3, 0.4) is 0 Å². The average molecular weight is 401 g/mol. The zero-order valence-electron chi connectivity index (χ0n) is 17.7. The second kappa shape index (κ2) is 10.5. The Bertz CT molecular complexity index is 629. The van der Waals surface area contributed by atoms with Gasteiger partial charge in [-0.15, -0.1) is 0 Å². The molecule has 3 aliphatic rings. The average Bonchev–Trinajstić information content (AvgIpc) is 2.79. The number of likely N-dealkylation sites (tertiary alicyclic amines) is 2. The van der Waals surface area contributed by atoms with E-state index < -0.39 is 0 Å². The van der Waals surface area contributed by atoms with Crippen molar-refractivity contribution in [1.82, 2.24) is 19.7 Å². The smallest absolute Gasteiger partial charge is 0.222 e. The monoisotopic (exact) mass is 400 g/mol. The molecule has 0 radical (unpaired) electrons. The maximum absolute atomic E-state index is 12.8. The van der Waals surface area contributed by atoms with Gasteiger partial charge in [0, 0.05) is 64.1 Å². The summed E-state index contributed by atoms with van der Waals surface area (Å²) in [4.78, 5) is 24.3. The first kappa shape index (κ1) is 20.8. The quantitative estimate of drug-likeness (QED) is 0.734. The van der Waals surface area contributed by atoms with Crippen LogP contribution in [0.2, 0.25) is 0 Å². The highest BCUT2D eigenvalue weighted by Crippen LogP contribution is 2.28. The van der Waals surface area contributed by atoms with Crippen LogP contribution in [0.5, 0.6) is 0 Å². The van der Waals surface area contributed by atoms with E-state index in [1.165, 1.54) is 31.2 Å². The summed E-state index contributed by atoms with van der Waals surface area (Å²) in [5.74, 6) is 0.919. The van der Waals surface area contributed by atoms with Crippen LogP contribution in [-0.2, 0) is 16.1 Å². The molecule has 2 atom stereocenters. The summed E-state index contributed by atoms with van der Waals surface area (Å²) in [6.45, 7) is 8.82. The van der Waals surface area contributed by atoms with Crippen LogP contribution in [0.25, 0.3) is 0 Å². The third kappa shape index (κ3) is 5.77. The minimum absolute atomic E-state index is 0.370. The Hall–Kier alpha value is -1.50. The van der Waals surface area contributed by atoms with E-state index in [9.17, 15) is 4.79 Å². The maximum atomic E-state index is 12.8. The Kier molecular flexibility index (Phi) is 7.52. The Morgan fingerprint density at radius 1 is 1.10 bits per heavy atom. The van der Waals surface area contributed by atoms with E-state index in [2.05, 4.69) is 25.8 Å². The molecule has 1 amide bonds. The molecule has 3 fully saturated rings. The first-order valence-corrected chi connectivity index (χ1v) is 11.5. The first-order valence-electron chi connectivity index (χ1n) is 11.5. The molecule has 0 spiro atoms. The molecular weight excluding hydrogens is 364 g/mol. The highest BCUT2D eigenvalue weighted by Gasteiger charge is 2.34. The van der Waals surface area contributed by atoms with E-state index in [0.29, 0.717) is 24.3 Å². The van der Waals surface area contributed by atoms with Crippen molar-refractivity contribution in [1.29, 1.82) is 0 Å². The van der Waals surface area contributed by atoms with Gasteiger partial charge in [0.1, 0.15) is 0 Å². The number of carbonyl (C=O) groups excluding carboxylic acids is 1. The van der Waals surface area contributed by atoms with Gasteiger partial charge in [0.2, 0.25) is 5.91 Å². The summed E-state index contributed by atoms with van der Waals surface area (Å²) in [6.07, 6.45) is 10.3. The fourth-order valence-electron chi connectivity index (χ4n) is 5.27. The Balaban J connectivity index is 1.37. The highest BCUT2D eigenvalue weighted by atomic mass is 16.5. The molecule has 29 heavy (non-hydrogen) atoms. The van der Waals surface area contributed by atoms with Crippen molar-refractivity contribution in [3.8, 4) is 0 Å². The number of aromatic nitrogens is 1. The lowest BCUT2D eigenvalue weighted by molar-refractivity contribution is -0.132. The van der Waals surface area contributed by atoms with Gasteiger partial charge in [0.05, 0.1) is 13.2 Å². The summed E-state index contributed by atoms with van der Waals surface area (Å²) in [6, 6.07) is 4.76. The van der Waals surface area contributed by atoms with Gasteiger partial charge in [0.25, 0.3) is 0 Å². The summed E-state index contributed by atoms with van der Waals surface area (Å²) in [5.41, 5.74) is 1.28. The largest absolute Gasteiger partial charge is 0.379 e. The maximum Gasteiger partial charge on any atom is 0.222 e. The lowest BCUT2D eigenvalue weighted by Gasteiger charge is -2.45. The predicted molar refractivity (Wildman–Crippen MR) is 113 cm³/mol. The fourth-order valence-corrected chi connectivity index (χ4v) is 5.27. The Labute approximate surface area is 175 Å². The first-order chi connectivity index (χ1) is 14.3. The van der Waals surface area contributed by atoms with Gasteiger partial charge in [-0.25, -0.2) is 0 Å². The molecule has 160 valence electrons. The van der Waals surface area contributed by atoms with Crippen molar-refractivity contribution in [3.05, 3.63) is 30.1 Å². The van der Waals surface area contributed by atoms with E-state index in [4.69, 9.17) is 4.74 Å². The zero-order chi connectivity index (χ0) is 19.9. The molecule has 4 rings (SSSR count). The molecule has 6 nitrogen and oxygen atoms in total. The normalized spacial score (nSPS) is 27.1. The van der Waals surface area contributed by atoms with Gasteiger partial charge in [-0.1, -0.05) is 6.07 Å². The Morgan fingerprint density at radius 3 is 2.69 bits per heavy atom. The van der Waals surface area contributed by atoms with Crippen LogP contribution < -0.4 is 0 Å². The molecule has 6 heteroatoms. The minimum atomic E-state index is 0.370. The van der Waals surface area contributed by atoms with Gasteiger partial charge in [-0.3, -0.25) is 19.6 Å². The molecule has 0 bridgehead atoms. The van der Waals surface area contributed by atoms with Crippen LogP contribution in [0, 0.1) is 5.92 Å². The molecule has 0 aromatic carbocycles. The number of hydrogen-bond donors (Lipinski definition) is 0. The van der Waals surface area contributed by atoms with Gasteiger partial charge >= 0.3 is 0 Å². The fraction of sp³-hybridized carbons (Fsp3) is 0.739. The lowest BCUT2D eigenvalue weighted by atomic mass is 9.86. The van der Waals surface area contributed by atoms with E-state index in [0.717, 1.165) is 65.4 Å². The number of morpholine rings is 1. The molecular formula is C23H36N4O2. The van der Waals surface area contributed by atoms with Crippen molar-refractivity contribution in [2.45, 2.75) is 51.1 Å².